The number of amides is 2. The topological polar surface area (TPSA) is 113 Å². The minimum atomic E-state index is -3.87. The molecule has 0 bridgehead atoms. The van der Waals surface area contributed by atoms with E-state index in [1.54, 1.807) is 4.90 Å². The Kier molecular flexibility index (Phi) is 5.28. The summed E-state index contributed by atoms with van der Waals surface area (Å²) in [6.07, 6.45) is 1.69. The third kappa shape index (κ3) is 4.10. The zero-order valence-electron chi connectivity index (χ0n) is 11.8. The summed E-state index contributed by atoms with van der Waals surface area (Å²) in [6.45, 7) is 1.06. The summed E-state index contributed by atoms with van der Waals surface area (Å²) in [5.74, 6) is 0.0609. The highest BCUT2D eigenvalue weighted by molar-refractivity contribution is 7.89. The Hall–Kier alpha value is -1.35. The van der Waals surface area contributed by atoms with Crippen LogP contribution in [0.3, 0.4) is 0 Å². The average molecular weight is 348 g/mol. The molecule has 22 heavy (non-hydrogen) atoms. The Labute approximate surface area is 134 Å². The highest BCUT2D eigenvalue weighted by atomic mass is 35.5. The highest BCUT2D eigenvalue weighted by Gasteiger charge is 2.24. The molecule has 0 aromatic heterocycles. The van der Waals surface area contributed by atoms with Crippen LogP contribution in [-0.4, -0.2) is 44.2 Å². The lowest BCUT2D eigenvalue weighted by atomic mass is 9.99. The maximum absolute atomic E-state index is 12.2. The van der Waals surface area contributed by atoms with Crippen molar-refractivity contribution in [3.63, 3.8) is 0 Å². The van der Waals surface area contributed by atoms with E-state index < -0.39 is 10.0 Å². The summed E-state index contributed by atoms with van der Waals surface area (Å²) >= 11 is 5.98. The number of benzene rings is 1. The number of aliphatic hydroxyl groups is 1. The van der Waals surface area contributed by atoms with Crippen LogP contribution in [0.4, 0.5) is 10.5 Å². The number of piperidine rings is 1. The summed E-state index contributed by atoms with van der Waals surface area (Å²) in [5.41, 5.74) is 0.185. The van der Waals surface area contributed by atoms with Gasteiger partial charge in [-0.1, -0.05) is 11.6 Å². The maximum atomic E-state index is 12.2. The third-order valence-corrected chi connectivity index (χ3v) is 4.81. The highest BCUT2D eigenvalue weighted by Crippen LogP contribution is 2.26. The molecule has 0 unspecified atom stereocenters. The Morgan fingerprint density at radius 2 is 2.23 bits per heavy atom. The summed E-state index contributed by atoms with van der Waals surface area (Å²) < 4.78 is 22.7. The Morgan fingerprint density at radius 1 is 1.50 bits per heavy atom. The number of primary sulfonamides is 1. The zero-order valence-corrected chi connectivity index (χ0v) is 13.4. The SMILES string of the molecule is NS(=O)(=O)c1ccc(Cl)c(NC(=O)N2CCC[C@@H](CO)C2)c1. The molecule has 4 N–H and O–H groups in total. The van der Waals surface area contributed by atoms with Crippen molar-refractivity contribution in [2.45, 2.75) is 17.7 Å². The van der Waals surface area contributed by atoms with E-state index in [-0.39, 0.29) is 34.2 Å². The number of nitrogens with zero attached hydrogens (tertiary/aromatic N) is 1. The molecule has 1 aliphatic heterocycles. The number of hydrogen-bond donors (Lipinski definition) is 3. The summed E-state index contributed by atoms with van der Waals surface area (Å²) in [6, 6.07) is 3.48. The van der Waals surface area contributed by atoms with Crippen molar-refractivity contribution in [1.82, 2.24) is 4.90 Å². The summed E-state index contributed by atoms with van der Waals surface area (Å²) in [5, 5.41) is 17.1. The average Bonchev–Trinajstić information content (AvgIpc) is 2.48. The smallest absolute Gasteiger partial charge is 0.321 e. The molecule has 1 saturated heterocycles. The number of carbonyl (C=O) groups is 1. The van der Waals surface area contributed by atoms with Crippen molar-refractivity contribution in [2.75, 3.05) is 25.0 Å². The molecule has 7 nitrogen and oxygen atoms in total. The Bertz CT molecular complexity index is 665. The van der Waals surface area contributed by atoms with Crippen LogP contribution < -0.4 is 10.5 Å². The standard InChI is InChI=1S/C13H18ClN3O4S/c14-11-4-3-10(22(15,20)21)6-12(11)16-13(19)17-5-1-2-9(7-17)8-18/h3-4,6,9,18H,1-2,5,7-8H2,(H,16,19)(H2,15,20,21)/t9-/m1/s1. The molecular formula is C13H18ClN3O4S. The van der Waals surface area contributed by atoms with Crippen LogP contribution in [0.1, 0.15) is 12.8 Å². The summed E-state index contributed by atoms with van der Waals surface area (Å²) in [7, 11) is -3.87. The maximum Gasteiger partial charge on any atom is 0.321 e. The molecule has 2 amide bonds. The molecule has 9 heteroatoms. The normalized spacial score (nSPS) is 19.0. The lowest BCUT2D eigenvalue weighted by molar-refractivity contribution is 0.136. The van der Waals surface area contributed by atoms with Crippen molar-refractivity contribution >= 4 is 33.3 Å². The Morgan fingerprint density at radius 3 is 2.86 bits per heavy atom. The van der Waals surface area contributed by atoms with Crippen molar-refractivity contribution in [1.29, 1.82) is 0 Å². The van der Waals surface area contributed by atoms with Gasteiger partial charge >= 0.3 is 6.03 Å². The van der Waals surface area contributed by atoms with Gasteiger partial charge in [0, 0.05) is 19.7 Å². The molecule has 1 heterocycles. The number of carbonyl (C=O) groups excluding carboxylic acids is 1. The van der Waals surface area contributed by atoms with Crippen molar-refractivity contribution < 1.29 is 18.3 Å². The number of likely N-dealkylation sites (tertiary alicyclic amines) is 1. The lowest BCUT2D eigenvalue weighted by Gasteiger charge is -2.31. The van der Waals surface area contributed by atoms with E-state index in [1.807, 2.05) is 0 Å². The predicted molar refractivity (Wildman–Crippen MR) is 83.2 cm³/mol. The van der Waals surface area contributed by atoms with Crippen LogP contribution in [0.2, 0.25) is 5.02 Å². The number of sulfonamides is 1. The van der Waals surface area contributed by atoms with Crippen LogP contribution in [0.5, 0.6) is 0 Å². The quantitative estimate of drug-likeness (QED) is 0.763. The van der Waals surface area contributed by atoms with E-state index >= 15 is 0 Å². The van der Waals surface area contributed by atoms with Crippen LogP contribution in [0.25, 0.3) is 0 Å². The first-order valence-corrected chi connectivity index (χ1v) is 8.73. The number of rotatable bonds is 3. The number of anilines is 1. The number of hydrogen-bond acceptors (Lipinski definition) is 4. The zero-order chi connectivity index (χ0) is 16.3. The predicted octanol–water partition coefficient (Wildman–Crippen LogP) is 1.22. The van der Waals surface area contributed by atoms with Gasteiger partial charge in [0.1, 0.15) is 0 Å². The van der Waals surface area contributed by atoms with Gasteiger partial charge in [-0.2, -0.15) is 0 Å². The Balaban J connectivity index is 2.14. The molecule has 122 valence electrons. The first kappa shape index (κ1) is 17.0. The van der Waals surface area contributed by atoms with E-state index in [9.17, 15) is 18.3 Å². The van der Waals surface area contributed by atoms with Crippen LogP contribution in [0, 0.1) is 5.92 Å². The van der Waals surface area contributed by atoms with Gasteiger partial charge in [0.25, 0.3) is 0 Å². The van der Waals surface area contributed by atoms with Gasteiger partial charge in [-0.15, -0.1) is 0 Å². The van der Waals surface area contributed by atoms with Crippen LogP contribution in [0.15, 0.2) is 23.1 Å². The number of aliphatic hydroxyl groups excluding tert-OH is 1. The molecule has 1 aromatic carbocycles. The molecule has 0 spiro atoms. The number of halogens is 1. The fraction of sp³-hybridized carbons (Fsp3) is 0.462. The first-order valence-electron chi connectivity index (χ1n) is 6.80. The fourth-order valence-corrected chi connectivity index (χ4v) is 3.07. The monoisotopic (exact) mass is 347 g/mol. The van der Waals surface area contributed by atoms with Gasteiger partial charge in [-0.25, -0.2) is 18.4 Å². The molecule has 2 rings (SSSR count). The third-order valence-electron chi connectivity index (χ3n) is 3.57. The largest absolute Gasteiger partial charge is 0.396 e. The molecule has 1 aliphatic rings. The lowest BCUT2D eigenvalue weighted by Crippen LogP contribution is -2.43. The van der Waals surface area contributed by atoms with Crippen molar-refractivity contribution in [3.05, 3.63) is 23.2 Å². The van der Waals surface area contributed by atoms with Crippen molar-refractivity contribution in [2.24, 2.45) is 11.1 Å². The van der Waals surface area contributed by atoms with Crippen LogP contribution >= 0.6 is 11.6 Å². The molecule has 1 atom stereocenters. The minimum absolute atomic E-state index is 0.0332. The van der Waals surface area contributed by atoms with Gasteiger partial charge in [0.05, 0.1) is 15.6 Å². The van der Waals surface area contributed by atoms with E-state index in [0.29, 0.717) is 13.1 Å². The van der Waals surface area contributed by atoms with E-state index in [2.05, 4.69) is 5.32 Å². The van der Waals surface area contributed by atoms with Crippen molar-refractivity contribution in [3.8, 4) is 0 Å². The van der Waals surface area contributed by atoms with Gasteiger partial charge in [0.15, 0.2) is 0 Å². The van der Waals surface area contributed by atoms with Gasteiger partial charge in [-0.3, -0.25) is 0 Å². The second kappa shape index (κ2) is 6.82. The van der Waals surface area contributed by atoms with Gasteiger partial charge < -0.3 is 15.3 Å². The van der Waals surface area contributed by atoms with E-state index in [0.717, 1.165) is 12.8 Å². The number of nitrogens with two attached hydrogens (primary N) is 1. The molecule has 1 aromatic rings. The number of nitrogens with one attached hydrogen (secondary N) is 1. The molecular weight excluding hydrogens is 330 g/mol. The van der Waals surface area contributed by atoms with Gasteiger partial charge in [0.2, 0.25) is 10.0 Å². The van der Waals surface area contributed by atoms with E-state index in [1.165, 1.54) is 18.2 Å². The molecule has 0 radical (unpaired) electrons. The minimum Gasteiger partial charge on any atom is -0.396 e. The summed E-state index contributed by atoms with van der Waals surface area (Å²) in [4.78, 5) is 13.7. The molecule has 0 saturated carbocycles. The second-order valence-corrected chi connectivity index (χ2v) is 7.22. The molecule has 0 aliphatic carbocycles. The first-order chi connectivity index (χ1) is 10.3. The van der Waals surface area contributed by atoms with Crippen LogP contribution in [-0.2, 0) is 10.0 Å². The van der Waals surface area contributed by atoms with Gasteiger partial charge in [-0.05, 0) is 37.0 Å². The number of urea groups is 1. The second-order valence-electron chi connectivity index (χ2n) is 5.25. The molecule has 1 fully saturated rings. The fourth-order valence-electron chi connectivity index (χ4n) is 2.37. The van der Waals surface area contributed by atoms with E-state index in [4.69, 9.17) is 16.7 Å².